The number of aromatic nitrogens is 3. The van der Waals surface area contributed by atoms with E-state index in [9.17, 15) is 4.79 Å². The van der Waals surface area contributed by atoms with Gasteiger partial charge in [0.2, 0.25) is 11.0 Å². The highest BCUT2D eigenvalue weighted by atomic mass is 32.1. The van der Waals surface area contributed by atoms with Gasteiger partial charge in [-0.3, -0.25) is 15.1 Å². The van der Waals surface area contributed by atoms with E-state index >= 15 is 0 Å². The third-order valence-corrected chi connectivity index (χ3v) is 3.70. The monoisotopic (exact) mass is 308 g/mol. The van der Waals surface area contributed by atoms with Gasteiger partial charge in [-0.05, 0) is 23.8 Å². The average molecular weight is 308 g/mol. The fraction of sp³-hybridized carbons (Fsp3) is 0. The molecule has 2 aromatic heterocycles. The molecule has 1 amide bonds. The van der Waals surface area contributed by atoms with Crippen LogP contribution in [0.3, 0.4) is 0 Å². The summed E-state index contributed by atoms with van der Waals surface area (Å²) in [5.74, 6) is -0.235. The molecular formula is C16H12N4OS. The van der Waals surface area contributed by atoms with Crippen molar-refractivity contribution in [2.75, 3.05) is 5.32 Å². The van der Waals surface area contributed by atoms with Crippen molar-refractivity contribution in [2.24, 2.45) is 0 Å². The minimum Gasteiger partial charge on any atom is -0.297 e. The number of carbonyl (C=O) groups excluding carboxylic acids is 1. The van der Waals surface area contributed by atoms with Gasteiger partial charge in [0.05, 0.1) is 0 Å². The largest absolute Gasteiger partial charge is 0.297 e. The molecule has 1 N–H and O–H groups in total. The zero-order valence-corrected chi connectivity index (χ0v) is 12.3. The number of carbonyl (C=O) groups is 1. The zero-order valence-electron chi connectivity index (χ0n) is 11.5. The Hall–Kier alpha value is -2.86. The second-order valence-electron chi connectivity index (χ2n) is 4.38. The summed E-state index contributed by atoms with van der Waals surface area (Å²) >= 11 is 1.32. The molecule has 1 aromatic carbocycles. The third-order valence-electron chi connectivity index (χ3n) is 2.81. The molecule has 0 unspecified atom stereocenters. The lowest BCUT2D eigenvalue weighted by atomic mass is 10.2. The quantitative estimate of drug-likeness (QED) is 0.751. The molecule has 3 aromatic rings. The predicted octanol–water partition coefficient (Wildman–Crippen LogP) is 3.25. The fourth-order valence-corrected chi connectivity index (χ4v) is 2.52. The van der Waals surface area contributed by atoms with Crippen LogP contribution < -0.4 is 5.32 Å². The van der Waals surface area contributed by atoms with Gasteiger partial charge >= 0.3 is 0 Å². The molecule has 0 atom stereocenters. The number of benzene rings is 1. The summed E-state index contributed by atoms with van der Waals surface area (Å²) in [6.07, 6.45) is 6.61. The Labute approximate surface area is 131 Å². The minimum absolute atomic E-state index is 0.235. The first kappa shape index (κ1) is 14.1. The maximum absolute atomic E-state index is 11.9. The van der Waals surface area contributed by atoms with Crippen LogP contribution in [-0.4, -0.2) is 21.1 Å². The van der Waals surface area contributed by atoms with E-state index in [1.54, 1.807) is 18.5 Å². The first-order chi connectivity index (χ1) is 10.8. The molecule has 108 valence electrons. The second kappa shape index (κ2) is 6.73. The van der Waals surface area contributed by atoms with Crippen molar-refractivity contribution in [3.8, 4) is 10.6 Å². The molecule has 5 nitrogen and oxygen atoms in total. The Morgan fingerprint density at radius 3 is 2.59 bits per heavy atom. The molecule has 0 aliphatic heterocycles. The van der Waals surface area contributed by atoms with Crippen molar-refractivity contribution in [1.82, 2.24) is 15.2 Å². The van der Waals surface area contributed by atoms with Crippen molar-refractivity contribution in [3.63, 3.8) is 0 Å². The van der Waals surface area contributed by atoms with E-state index in [0.29, 0.717) is 5.13 Å². The number of rotatable bonds is 4. The Morgan fingerprint density at radius 1 is 1.05 bits per heavy atom. The van der Waals surface area contributed by atoms with Gasteiger partial charge in [-0.15, -0.1) is 10.2 Å². The Kier molecular flexibility index (Phi) is 4.31. The number of hydrogen-bond donors (Lipinski definition) is 1. The molecule has 0 saturated heterocycles. The Bertz CT molecular complexity index is 784. The van der Waals surface area contributed by atoms with Crippen molar-refractivity contribution >= 4 is 28.5 Å². The minimum atomic E-state index is -0.235. The van der Waals surface area contributed by atoms with Gasteiger partial charge < -0.3 is 0 Å². The van der Waals surface area contributed by atoms with E-state index < -0.39 is 0 Å². The molecule has 0 bridgehead atoms. The smallest absolute Gasteiger partial charge is 0.250 e. The third kappa shape index (κ3) is 3.62. The molecule has 3 rings (SSSR count). The number of pyridine rings is 1. The van der Waals surface area contributed by atoms with E-state index in [4.69, 9.17) is 0 Å². The molecule has 6 heteroatoms. The molecular weight excluding hydrogens is 296 g/mol. The lowest BCUT2D eigenvalue weighted by molar-refractivity contribution is -0.111. The van der Waals surface area contributed by atoms with Crippen LogP contribution in [0, 0.1) is 0 Å². The van der Waals surface area contributed by atoms with E-state index in [1.165, 1.54) is 17.4 Å². The van der Waals surface area contributed by atoms with Crippen molar-refractivity contribution < 1.29 is 4.79 Å². The van der Waals surface area contributed by atoms with E-state index in [1.807, 2.05) is 42.5 Å². The van der Waals surface area contributed by atoms with Crippen LogP contribution >= 0.6 is 11.3 Å². The summed E-state index contributed by atoms with van der Waals surface area (Å²) in [6.45, 7) is 0. The lowest BCUT2D eigenvalue weighted by Gasteiger charge is -1.95. The number of nitrogens with zero attached hydrogens (tertiary/aromatic N) is 3. The summed E-state index contributed by atoms with van der Waals surface area (Å²) in [4.78, 5) is 15.8. The van der Waals surface area contributed by atoms with Crippen LogP contribution in [-0.2, 0) is 4.79 Å². The molecule has 0 aliphatic rings. The summed E-state index contributed by atoms with van der Waals surface area (Å²) < 4.78 is 0. The van der Waals surface area contributed by atoms with Crippen LogP contribution in [0.25, 0.3) is 16.6 Å². The molecule has 0 aliphatic carbocycles. The van der Waals surface area contributed by atoms with Gasteiger partial charge in [0.15, 0.2) is 0 Å². The van der Waals surface area contributed by atoms with Gasteiger partial charge in [-0.25, -0.2) is 0 Å². The Morgan fingerprint density at radius 2 is 1.82 bits per heavy atom. The van der Waals surface area contributed by atoms with Crippen LogP contribution in [0.2, 0.25) is 0 Å². The second-order valence-corrected chi connectivity index (χ2v) is 5.36. The highest BCUT2D eigenvalue weighted by molar-refractivity contribution is 7.18. The van der Waals surface area contributed by atoms with E-state index in [0.717, 1.165) is 16.1 Å². The molecule has 2 heterocycles. The normalized spacial score (nSPS) is 10.7. The standard InChI is InChI=1S/C16H12N4OS/c21-14(7-6-12-4-2-1-3-5-12)18-16-20-19-15(22-16)13-8-10-17-11-9-13/h1-11H,(H,18,20,21)/b7-6+. The van der Waals surface area contributed by atoms with Crippen LogP contribution in [0.15, 0.2) is 60.9 Å². The zero-order chi connectivity index (χ0) is 15.2. The van der Waals surface area contributed by atoms with Crippen molar-refractivity contribution in [2.45, 2.75) is 0 Å². The number of nitrogens with one attached hydrogen (secondary N) is 1. The van der Waals surface area contributed by atoms with Crippen molar-refractivity contribution in [1.29, 1.82) is 0 Å². The molecule has 0 saturated carbocycles. The van der Waals surface area contributed by atoms with Gasteiger partial charge in [-0.2, -0.15) is 0 Å². The Balaban J connectivity index is 1.65. The van der Waals surface area contributed by atoms with Gasteiger partial charge in [0, 0.05) is 24.0 Å². The van der Waals surface area contributed by atoms with E-state index in [-0.39, 0.29) is 5.91 Å². The number of anilines is 1. The maximum atomic E-state index is 11.9. The topological polar surface area (TPSA) is 67.8 Å². The van der Waals surface area contributed by atoms with Crippen LogP contribution in [0.4, 0.5) is 5.13 Å². The summed E-state index contributed by atoms with van der Waals surface area (Å²) in [7, 11) is 0. The van der Waals surface area contributed by atoms with Crippen molar-refractivity contribution in [3.05, 3.63) is 66.5 Å². The predicted molar refractivity (Wildman–Crippen MR) is 87.2 cm³/mol. The molecule has 0 radical (unpaired) electrons. The molecule has 22 heavy (non-hydrogen) atoms. The summed E-state index contributed by atoms with van der Waals surface area (Å²) in [5.41, 5.74) is 1.89. The fourth-order valence-electron chi connectivity index (χ4n) is 1.77. The number of amides is 1. The summed E-state index contributed by atoms with van der Waals surface area (Å²) in [5, 5.41) is 11.9. The van der Waals surface area contributed by atoms with Gasteiger partial charge in [-0.1, -0.05) is 41.7 Å². The number of hydrogen-bond acceptors (Lipinski definition) is 5. The van der Waals surface area contributed by atoms with E-state index in [2.05, 4.69) is 20.5 Å². The first-order valence-electron chi connectivity index (χ1n) is 6.59. The summed E-state index contributed by atoms with van der Waals surface area (Å²) in [6, 6.07) is 13.3. The highest BCUT2D eigenvalue weighted by Gasteiger charge is 2.07. The lowest BCUT2D eigenvalue weighted by Crippen LogP contribution is -2.07. The van der Waals surface area contributed by atoms with Crippen LogP contribution in [0.1, 0.15) is 5.56 Å². The van der Waals surface area contributed by atoms with Crippen LogP contribution in [0.5, 0.6) is 0 Å². The SMILES string of the molecule is O=C(/C=C/c1ccccc1)Nc1nnc(-c2ccncc2)s1. The molecule has 0 fully saturated rings. The first-order valence-corrected chi connectivity index (χ1v) is 7.41. The molecule has 0 spiro atoms. The maximum Gasteiger partial charge on any atom is 0.250 e. The van der Waals surface area contributed by atoms with Gasteiger partial charge in [0.25, 0.3) is 0 Å². The average Bonchev–Trinajstić information content (AvgIpc) is 3.03. The van der Waals surface area contributed by atoms with Gasteiger partial charge in [0.1, 0.15) is 5.01 Å². The highest BCUT2D eigenvalue weighted by Crippen LogP contribution is 2.25.